The molecule has 0 bridgehead atoms. The minimum atomic E-state index is -1.30. The average molecular weight is 292 g/mol. The lowest BCUT2D eigenvalue weighted by molar-refractivity contribution is -0.172. The normalized spacial score (nSPS) is 18.0. The minimum Gasteiger partial charge on any atom is -0.465 e. The van der Waals surface area contributed by atoms with Crippen LogP contribution in [-0.4, -0.2) is 25.2 Å². The lowest BCUT2D eigenvalue weighted by atomic mass is 9.78. The van der Waals surface area contributed by atoms with Crippen molar-refractivity contribution in [2.45, 2.75) is 40.0 Å². The number of carbonyl (C=O) groups is 2. The molecular formula is C17H24O4. The molecule has 21 heavy (non-hydrogen) atoms. The Hall–Kier alpha value is -1.84. The molecule has 4 nitrogen and oxygen atoms in total. The third kappa shape index (κ3) is 3.43. The molecule has 0 aromatic heterocycles. The summed E-state index contributed by atoms with van der Waals surface area (Å²) in [6.07, 6.45) is 2.91. The predicted octanol–water partition coefficient (Wildman–Crippen LogP) is 3.34. The number of hydrogen-bond acceptors (Lipinski definition) is 4. The predicted molar refractivity (Wildman–Crippen MR) is 81.6 cm³/mol. The van der Waals surface area contributed by atoms with E-state index in [1.165, 1.54) is 0 Å². The summed E-state index contributed by atoms with van der Waals surface area (Å²) in [5.74, 6) is -1.05. The van der Waals surface area contributed by atoms with Gasteiger partial charge in [-0.25, -0.2) is 0 Å². The summed E-state index contributed by atoms with van der Waals surface area (Å²) in [4.78, 5) is 24.9. The van der Waals surface area contributed by atoms with E-state index in [1.807, 2.05) is 6.92 Å². The van der Waals surface area contributed by atoms with Crippen LogP contribution < -0.4 is 0 Å². The molecular weight excluding hydrogens is 268 g/mol. The Morgan fingerprint density at radius 3 is 2.19 bits per heavy atom. The van der Waals surface area contributed by atoms with Crippen molar-refractivity contribution in [3.8, 4) is 0 Å². The van der Waals surface area contributed by atoms with Crippen LogP contribution in [0.4, 0.5) is 0 Å². The number of carbonyl (C=O) groups excluding carboxylic acids is 2. The van der Waals surface area contributed by atoms with Gasteiger partial charge in [0.15, 0.2) is 5.41 Å². The molecule has 0 atom stereocenters. The molecule has 0 amide bonds. The van der Waals surface area contributed by atoms with E-state index < -0.39 is 17.4 Å². The van der Waals surface area contributed by atoms with Gasteiger partial charge in [-0.05, 0) is 51.2 Å². The van der Waals surface area contributed by atoms with Crippen molar-refractivity contribution < 1.29 is 19.1 Å². The maximum absolute atomic E-state index is 12.4. The molecule has 0 unspecified atom stereocenters. The zero-order valence-corrected chi connectivity index (χ0v) is 13.2. The molecule has 0 saturated heterocycles. The quantitative estimate of drug-likeness (QED) is 0.576. The summed E-state index contributed by atoms with van der Waals surface area (Å²) >= 11 is 0. The van der Waals surface area contributed by atoms with E-state index >= 15 is 0 Å². The highest BCUT2D eigenvalue weighted by molar-refractivity contribution is 6.00. The van der Waals surface area contributed by atoms with Crippen LogP contribution in [0, 0.1) is 5.41 Å². The Morgan fingerprint density at radius 1 is 1.24 bits per heavy atom. The van der Waals surface area contributed by atoms with E-state index in [4.69, 9.17) is 9.47 Å². The Bertz CT molecular complexity index is 467. The molecule has 0 saturated carbocycles. The fourth-order valence-corrected chi connectivity index (χ4v) is 2.67. The molecule has 0 aromatic rings. The van der Waals surface area contributed by atoms with Gasteiger partial charge in [0.05, 0.1) is 13.2 Å². The first kappa shape index (κ1) is 17.2. The maximum atomic E-state index is 12.4. The number of hydrogen-bond donors (Lipinski definition) is 0. The van der Waals surface area contributed by atoms with Crippen molar-refractivity contribution in [2.24, 2.45) is 5.41 Å². The van der Waals surface area contributed by atoms with Gasteiger partial charge in [0.2, 0.25) is 0 Å². The van der Waals surface area contributed by atoms with Crippen LogP contribution in [0.3, 0.4) is 0 Å². The lowest BCUT2D eigenvalue weighted by Crippen LogP contribution is -2.42. The Kier molecular flexibility index (Phi) is 5.94. The van der Waals surface area contributed by atoms with Gasteiger partial charge in [0.25, 0.3) is 0 Å². The highest BCUT2D eigenvalue weighted by Gasteiger charge is 2.49. The van der Waals surface area contributed by atoms with Crippen molar-refractivity contribution in [2.75, 3.05) is 13.2 Å². The Balaban J connectivity index is 3.22. The van der Waals surface area contributed by atoms with Crippen LogP contribution in [0.1, 0.15) is 40.0 Å². The molecule has 4 heteroatoms. The first-order valence-corrected chi connectivity index (χ1v) is 7.27. The van der Waals surface area contributed by atoms with Gasteiger partial charge < -0.3 is 9.47 Å². The number of ether oxygens (including phenoxy) is 2. The molecule has 0 aromatic carbocycles. The monoisotopic (exact) mass is 292 g/mol. The molecule has 0 radical (unpaired) electrons. The van der Waals surface area contributed by atoms with Crippen LogP contribution in [0.15, 0.2) is 36.0 Å². The molecule has 1 aliphatic carbocycles. The summed E-state index contributed by atoms with van der Waals surface area (Å²) in [7, 11) is 0. The van der Waals surface area contributed by atoms with Gasteiger partial charge in [-0.15, -0.1) is 0 Å². The molecule has 116 valence electrons. The highest BCUT2D eigenvalue weighted by Crippen LogP contribution is 2.42. The van der Waals surface area contributed by atoms with Crippen LogP contribution >= 0.6 is 0 Å². The number of esters is 2. The first-order chi connectivity index (χ1) is 9.92. The SMILES string of the molecule is C=CC1=C(C)CCC(C(=O)OCC)(C(=O)OCC)CC1=C. The van der Waals surface area contributed by atoms with Crippen LogP contribution in [0.2, 0.25) is 0 Å². The lowest BCUT2D eigenvalue weighted by Gasteiger charge is -2.28. The topological polar surface area (TPSA) is 52.6 Å². The minimum absolute atomic E-state index is 0.212. The van der Waals surface area contributed by atoms with E-state index in [9.17, 15) is 9.59 Å². The summed E-state index contributed by atoms with van der Waals surface area (Å²) in [6.45, 7) is 13.7. The largest absolute Gasteiger partial charge is 0.465 e. The highest BCUT2D eigenvalue weighted by atomic mass is 16.6. The molecule has 0 aliphatic heterocycles. The van der Waals surface area contributed by atoms with Gasteiger partial charge in [0, 0.05) is 0 Å². The van der Waals surface area contributed by atoms with Crippen LogP contribution in [0.5, 0.6) is 0 Å². The fraction of sp³-hybridized carbons (Fsp3) is 0.529. The maximum Gasteiger partial charge on any atom is 0.323 e. The standard InChI is InChI=1S/C17H24O4/c1-6-14-12(4)9-10-17(11-13(14)5,15(18)20-7-2)16(19)21-8-3/h6H,1,5,7-11H2,2-4H3. The molecule has 0 heterocycles. The van der Waals surface area contributed by atoms with Gasteiger partial charge in [-0.1, -0.05) is 24.8 Å². The molecule has 1 aliphatic rings. The van der Waals surface area contributed by atoms with Crippen molar-refractivity contribution in [3.63, 3.8) is 0 Å². The van der Waals surface area contributed by atoms with Gasteiger partial charge in [-0.2, -0.15) is 0 Å². The van der Waals surface area contributed by atoms with Gasteiger partial charge in [0.1, 0.15) is 0 Å². The van der Waals surface area contributed by atoms with Gasteiger partial charge in [-0.3, -0.25) is 9.59 Å². The molecule has 0 N–H and O–H groups in total. The van der Waals surface area contributed by atoms with E-state index in [-0.39, 0.29) is 19.6 Å². The average Bonchev–Trinajstić information content (AvgIpc) is 2.56. The summed E-state index contributed by atoms with van der Waals surface area (Å²) in [5.41, 5.74) is 1.42. The first-order valence-electron chi connectivity index (χ1n) is 7.27. The summed E-state index contributed by atoms with van der Waals surface area (Å²) < 4.78 is 10.3. The third-order valence-corrected chi connectivity index (χ3v) is 3.82. The van der Waals surface area contributed by atoms with E-state index in [0.717, 1.165) is 16.7 Å². The molecule has 0 fully saturated rings. The second-order valence-corrected chi connectivity index (χ2v) is 5.20. The van der Waals surface area contributed by atoms with Crippen molar-refractivity contribution in [3.05, 3.63) is 36.0 Å². The van der Waals surface area contributed by atoms with Crippen molar-refractivity contribution in [1.82, 2.24) is 0 Å². The Labute approximate surface area is 126 Å². The van der Waals surface area contributed by atoms with Gasteiger partial charge >= 0.3 is 11.9 Å². The Morgan fingerprint density at radius 2 is 1.76 bits per heavy atom. The third-order valence-electron chi connectivity index (χ3n) is 3.82. The molecule has 0 spiro atoms. The second-order valence-electron chi connectivity index (χ2n) is 5.20. The fourth-order valence-electron chi connectivity index (χ4n) is 2.67. The van der Waals surface area contributed by atoms with Crippen molar-refractivity contribution in [1.29, 1.82) is 0 Å². The summed E-state index contributed by atoms with van der Waals surface area (Å²) in [5, 5.41) is 0. The van der Waals surface area contributed by atoms with Crippen molar-refractivity contribution >= 4 is 11.9 Å². The smallest absolute Gasteiger partial charge is 0.323 e. The second kappa shape index (κ2) is 7.25. The van der Waals surface area contributed by atoms with Crippen LogP contribution in [-0.2, 0) is 19.1 Å². The van der Waals surface area contributed by atoms with E-state index in [2.05, 4.69) is 13.2 Å². The molecule has 1 rings (SSSR count). The van der Waals surface area contributed by atoms with E-state index in [0.29, 0.717) is 12.8 Å². The van der Waals surface area contributed by atoms with Crippen LogP contribution in [0.25, 0.3) is 0 Å². The number of rotatable bonds is 5. The number of allylic oxidation sites excluding steroid dienone is 4. The zero-order chi connectivity index (χ0) is 16.0. The van der Waals surface area contributed by atoms with E-state index in [1.54, 1.807) is 19.9 Å². The summed E-state index contributed by atoms with van der Waals surface area (Å²) in [6, 6.07) is 0. The zero-order valence-electron chi connectivity index (χ0n) is 13.2.